The molecule has 1 aliphatic heterocycles. The average molecular weight is 288 g/mol. The Morgan fingerprint density at radius 3 is 2.85 bits per heavy atom. The van der Waals surface area contributed by atoms with Gasteiger partial charge in [0.15, 0.2) is 0 Å². The maximum atomic E-state index is 4.00. The van der Waals surface area contributed by atoms with Crippen LogP contribution in [0.3, 0.4) is 0 Å². The van der Waals surface area contributed by atoms with Crippen molar-refractivity contribution in [2.45, 2.75) is 31.8 Å². The number of aromatic nitrogens is 3. The SMILES string of the molecule is C[C@H](N[C@H]1CCCSC1)c1ccc(-n2ccnn2)cc1. The van der Waals surface area contributed by atoms with Crippen LogP contribution in [0.4, 0.5) is 0 Å². The fourth-order valence-electron chi connectivity index (χ4n) is 2.58. The minimum Gasteiger partial charge on any atom is -0.307 e. The van der Waals surface area contributed by atoms with Crippen molar-refractivity contribution in [3.8, 4) is 5.69 Å². The zero-order valence-corrected chi connectivity index (χ0v) is 12.5. The first-order chi connectivity index (χ1) is 9.83. The molecular weight excluding hydrogens is 268 g/mol. The van der Waals surface area contributed by atoms with Gasteiger partial charge in [0.25, 0.3) is 0 Å². The number of benzene rings is 1. The second-order valence-electron chi connectivity index (χ2n) is 5.24. The van der Waals surface area contributed by atoms with Crippen LogP contribution < -0.4 is 5.32 Å². The highest BCUT2D eigenvalue weighted by molar-refractivity contribution is 7.99. The van der Waals surface area contributed by atoms with Gasteiger partial charge in [0.2, 0.25) is 0 Å². The molecule has 1 fully saturated rings. The third-order valence-electron chi connectivity index (χ3n) is 3.73. The Morgan fingerprint density at radius 1 is 1.35 bits per heavy atom. The molecule has 2 heterocycles. The highest BCUT2D eigenvalue weighted by Crippen LogP contribution is 2.21. The summed E-state index contributed by atoms with van der Waals surface area (Å²) in [5.74, 6) is 2.56. The summed E-state index contributed by atoms with van der Waals surface area (Å²) < 4.78 is 1.78. The van der Waals surface area contributed by atoms with Crippen LogP contribution >= 0.6 is 11.8 Å². The van der Waals surface area contributed by atoms with Crippen LogP contribution in [0.25, 0.3) is 5.69 Å². The molecule has 0 aliphatic carbocycles. The fraction of sp³-hybridized carbons (Fsp3) is 0.467. The fourth-order valence-corrected chi connectivity index (χ4v) is 3.67. The molecule has 0 spiro atoms. The van der Waals surface area contributed by atoms with E-state index in [1.807, 2.05) is 6.20 Å². The van der Waals surface area contributed by atoms with Gasteiger partial charge in [-0.1, -0.05) is 17.3 Å². The summed E-state index contributed by atoms with van der Waals surface area (Å²) in [5.41, 5.74) is 2.37. The Balaban J connectivity index is 1.64. The third kappa shape index (κ3) is 3.22. The van der Waals surface area contributed by atoms with Crippen molar-refractivity contribution in [3.63, 3.8) is 0 Å². The summed E-state index contributed by atoms with van der Waals surface area (Å²) in [4.78, 5) is 0. The predicted octanol–water partition coefficient (Wildman–Crippen LogP) is 2.81. The van der Waals surface area contributed by atoms with Crippen molar-refractivity contribution in [2.75, 3.05) is 11.5 Å². The molecule has 1 N–H and O–H groups in total. The molecule has 5 heteroatoms. The van der Waals surface area contributed by atoms with Crippen molar-refractivity contribution >= 4 is 11.8 Å². The first-order valence-corrected chi connectivity index (χ1v) is 8.29. The summed E-state index contributed by atoms with van der Waals surface area (Å²) in [6.07, 6.45) is 6.18. The number of nitrogens with zero attached hydrogens (tertiary/aromatic N) is 3. The molecule has 0 radical (unpaired) electrons. The molecule has 1 aromatic heterocycles. The van der Waals surface area contributed by atoms with E-state index in [1.165, 1.54) is 29.9 Å². The third-order valence-corrected chi connectivity index (χ3v) is 4.94. The van der Waals surface area contributed by atoms with Gasteiger partial charge in [-0.05, 0) is 43.2 Å². The van der Waals surface area contributed by atoms with E-state index in [-0.39, 0.29) is 0 Å². The monoisotopic (exact) mass is 288 g/mol. The van der Waals surface area contributed by atoms with Gasteiger partial charge in [-0.15, -0.1) is 5.10 Å². The molecule has 2 aromatic rings. The molecule has 0 unspecified atom stereocenters. The van der Waals surface area contributed by atoms with Crippen LogP contribution in [0.1, 0.15) is 31.4 Å². The molecule has 0 bridgehead atoms. The highest BCUT2D eigenvalue weighted by atomic mass is 32.2. The molecule has 4 nitrogen and oxygen atoms in total. The number of nitrogens with one attached hydrogen (secondary N) is 1. The second kappa shape index (κ2) is 6.41. The lowest BCUT2D eigenvalue weighted by Crippen LogP contribution is -2.35. The zero-order valence-electron chi connectivity index (χ0n) is 11.7. The van der Waals surface area contributed by atoms with Gasteiger partial charge in [0.05, 0.1) is 18.1 Å². The molecule has 1 aromatic carbocycles. The molecule has 3 rings (SSSR count). The van der Waals surface area contributed by atoms with Gasteiger partial charge in [-0.25, -0.2) is 4.68 Å². The van der Waals surface area contributed by atoms with Gasteiger partial charge in [0.1, 0.15) is 0 Å². The van der Waals surface area contributed by atoms with Crippen molar-refractivity contribution in [2.24, 2.45) is 0 Å². The minimum absolute atomic E-state index is 0.392. The van der Waals surface area contributed by atoms with Crippen molar-refractivity contribution in [1.29, 1.82) is 0 Å². The van der Waals surface area contributed by atoms with Gasteiger partial charge in [0, 0.05) is 17.8 Å². The van der Waals surface area contributed by atoms with Crippen LogP contribution in [0.15, 0.2) is 36.7 Å². The number of hydrogen-bond donors (Lipinski definition) is 1. The smallest absolute Gasteiger partial charge is 0.0697 e. The lowest BCUT2D eigenvalue weighted by atomic mass is 10.1. The molecule has 0 amide bonds. The zero-order chi connectivity index (χ0) is 13.8. The molecule has 2 atom stereocenters. The standard InChI is InChI=1S/C15H20N4S/c1-12(17-14-3-2-10-20-11-14)13-4-6-15(7-5-13)19-9-8-16-18-19/h4-9,12,14,17H,2-3,10-11H2,1H3/t12-,14-/m0/s1. The summed E-state index contributed by atoms with van der Waals surface area (Å²) >= 11 is 2.06. The van der Waals surface area contributed by atoms with Crippen molar-refractivity contribution in [3.05, 3.63) is 42.2 Å². The van der Waals surface area contributed by atoms with Crippen LogP contribution in [0, 0.1) is 0 Å². The normalized spacial score (nSPS) is 20.8. The van der Waals surface area contributed by atoms with Crippen molar-refractivity contribution in [1.82, 2.24) is 20.3 Å². The molecule has 0 saturated carbocycles. The van der Waals surface area contributed by atoms with E-state index >= 15 is 0 Å². The first kappa shape index (κ1) is 13.6. The Morgan fingerprint density at radius 2 is 2.20 bits per heavy atom. The Kier molecular flexibility index (Phi) is 4.38. The molecule has 106 valence electrons. The van der Waals surface area contributed by atoms with Crippen LogP contribution in [0.2, 0.25) is 0 Å². The average Bonchev–Trinajstić information content (AvgIpc) is 3.03. The van der Waals surface area contributed by atoms with Gasteiger partial charge in [-0.2, -0.15) is 11.8 Å². The van der Waals surface area contributed by atoms with Crippen LogP contribution in [0.5, 0.6) is 0 Å². The molecule has 20 heavy (non-hydrogen) atoms. The van der Waals surface area contributed by atoms with Crippen molar-refractivity contribution < 1.29 is 0 Å². The molecular formula is C15H20N4S. The predicted molar refractivity (Wildman–Crippen MR) is 83.3 cm³/mol. The van der Waals surface area contributed by atoms with Crippen LogP contribution in [-0.4, -0.2) is 32.5 Å². The Labute approximate surface area is 124 Å². The van der Waals surface area contributed by atoms with E-state index in [1.54, 1.807) is 10.9 Å². The molecule has 1 saturated heterocycles. The van der Waals surface area contributed by atoms with E-state index in [0.29, 0.717) is 12.1 Å². The van der Waals surface area contributed by atoms with E-state index in [9.17, 15) is 0 Å². The highest BCUT2D eigenvalue weighted by Gasteiger charge is 2.16. The Hall–Kier alpha value is -1.33. The minimum atomic E-state index is 0.392. The van der Waals surface area contributed by atoms with Gasteiger partial charge >= 0.3 is 0 Å². The second-order valence-corrected chi connectivity index (χ2v) is 6.39. The quantitative estimate of drug-likeness (QED) is 0.939. The summed E-state index contributed by atoms with van der Waals surface area (Å²) in [6, 6.07) is 9.58. The maximum Gasteiger partial charge on any atom is 0.0697 e. The van der Waals surface area contributed by atoms with E-state index in [2.05, 4.69) is 58.6 Å². The number of rotatable bonds is 4. The van der Waals surface area contributed by atoms with E-state index in [0.717, 1.165) is 5.69 Å². The summed E-state index contributed by atoms with van der Waals surface area (Å²) in [5, 5.41) is 11.6. The maximum absolute atomic E-state index is 4.00. The lowest BCUT2D eigenvalue weighted by Gasteiger charge is -2.26. The number of hydrogen-bond acceptors (Lipinski definition) is 4. The molecule has 1 aliphatic rings. The number of thioether (sulfide) groups is 1. The topological polar surface area (TPSA) is 42.7 Å². The van der Waals surface area contributed by atoms with Gasteiger partial charge < -0.3 is 5.32 Å². The van der Waals surface area contributed by atoms with E-state index < -0.39 is 0 Å². The largest absolute Gasteiger partial charge is 0.307 e. The Bertz CT molecular complexity index is 517. The van der Waals surface area contributed by atoms with Gasteiger partial charge in [-0.3, -0.25) is 0 Å². The van der Waals surface area contributed by atoms with Crippen LogP contribution in [-0.2, 0) is 0 Å². The summed E-state index contributed by atoms with van der Waals surface area (Å²) in [6.45, 7) is 2.24. The summed E-state index contributed by atoms with van der Waals surface area (Å²) in [7, 11) is 0. The van der Waals surface area contributed by atoms with E-state index in [4.69, 9.17) is 0 Å². The lowest BCUT2D eigenvalue weighted by molar-refractivity contribution is 0.452. The first-order valence-electron chi connectivity index (χ1n) is 7.13.